The zero-order chi connectivity index (χ0) is 23.2. The fourth-order valence-corrected chi connectivity index (χ4v) is 5.44. The summed E-state index contributed by atoms with van der Waals surface area (Å²) in [5.74, 6) is -3.36. The number of halogens is 2. The molecule has 0 aliphatic carbocycles. The van der Waals surface area contributed by atoms with Crippen LogP contribution in [0.3, 0.4) is 0 Å². The van der Waals surface area contributed by atoms with E-state index in [1.165, 1.54) is 23.5 Å². The number of aromatic amines is 1. The lowest BCUT2D eigenvalue weighted by Crippen LogP contribution is -2.35. The number of H-pyrrole nitrogens is 1. The maximum atomic E-state index is 14.0. The summed E-state index contributed by atoms with van der Waals surface area (Å²) >= 11 is 1.38. The minimum absolute atomic E-state index is 0.0427. The van der Waals surface area contributed by atoms with Crippen LogP contribution in [0.5, 0.6) is 0 Å². The second kappa shape index (κ2) is 8.49. The summed E-state index contributed by atoms with van der Waals surface area (Å²) in [5.41, 5.74) is 1.56. The molecule has 0 radical (unpaired) electrons. The quantitative estimate of drug-likeness (QED) is 0.590. The zero-order valence-corrected chi connectivity index (χ0v) is 18.9. The predicted molar refractivity (Wildman–Crippen MR) is 121 cm³/mol. The molecule has 2 N–H and O–H groups in total. The lowest BCUT2D eigenvalue weighted by Gasteiger charge is -2.25. The average Bonchev–Trinajstić information content (AvgIpc) is 3.41. The molecule has 10 heteroatoms. The van der Waals surface area contributed by atoms with Gasteiger partial charge in [-0.25, -0.2) is 13.8 Å². The molecule has 174 valence electrons. The predicted octanol–water partition coefficient (Wildman–Crippen LogP) is 4.30. The number of hydrogen-bond acceptors (Lipinski definition) is 5. The number of alkyl halides is 2. The molecular weight excluding hydrogens is 450 g/mol. The van der Waals surface area contributed by atoms with E-state index < -0.39 is 5.92 Å². The van der Waals surface area contributed by atoms with Crippen LogP contribution in [0.1, 0.15) is 46.4 Å². The Morgan fingerprint density at radius 1 is 1.30 bits per heavy atom. The van der Waals surface area contributed by atoms with E-state index in [0.29, 0.717) is 61.6 Å². The molecule has 2 aliphatic rings. The summed E-state index contributed by atoms with van der Waals surface area (Å²) in [6.45, 7) is 2.87. The lowest BCUT2D eigenvalue weighted by atomic mass is 10.00. The Kier molecular flexibility index (Phi) is 5.65. The van der Waals surface area contributed by atoms with E-state index in [2.05, 4.69) is 15.3 Å². The number of hydrogen-bond donors (Lipinski definition) is 2. The van der Waals surface area contributed by atoms with E-state index in [1.807, 2.05) is 0 Å². The molecule has 5 rings (SSSR count). The van der Waals surface area contributed by atoms with Gasteiger partial charge in [0, 0.05) is 60.4 Å². The van der Waals surface area contributed by atoms with Crippen molar-refractivity contribution in [3.63, 3.8) is 0 Å². The molecule has 2 aliphatic heterocycles. The largest absolute Gasteiger partial charge is 0.381 e. The van der Waals surface area contributed by atoms with Gasteiger partial charge in [0.05, 0.1) is 12.2 Å². The molecule has 3 aromatic rings. The fraction of sp³-hybridized carbons (Fsp3) is 0.435. The van der Waals surface area contributed by atoms with Crippen molar-refractivity contribution in [1.29, 1.82) is 0 Å². The number of aromatic nitrogens is 2. The van der Waals surface area contributed by atoms with Crippen LogP contribution in [0, 0.1) is 5.92 Å². The monoisotopic (exact) mass is 474 g/mol. The molecular formula is C23H24F2N4O3S. The number of anilines is 1. The van der Waals surface area contributed by atoms with Gasteiger partial charge in [0.1, 0.15) is 5.69 Å². The van der Waals surface area contributed by atoms with E-state index in [9.17, 15) is 18.4 Å². The topological polar surface area (TPSA) is 87.3 Å². The van der Waals surface area contributed by atoms with Gasteiger partial charge in [-0.05, 0) is 25.0 Å². The van der Waals surface area contributed by atoms with Crippen LogP contribution in [0.4, 0.5) is 13.9 Å². The Balaban J connectivity index is 1.31. The van der Waals surface area contributed by atoms with Crippen molar-refractivity contribution in [1.82, 2.24) is 14.9 Å². The number of amides is 2. The Morgan fingerprint density at radius 3 is 2.85 bits per heavy atom. The molecule has 0 atom stereocenters. The molecule has 1 fully saturated rings. The Bertz CT molecular complexity index is 1210. The highest BCUT2D eigenvalue weighted by Gasteiger charge is 2.30. The van der Waals surface area contributed by atoms with Crippen molar-refractivity contribution in [3.05, 3.63) is 46.1 Å². The summed E-state index contributed by atoms with van der Waals surface area (Å²) in [6.07, 6.45) is 1.98. The van der Waals surface area contributed by atoms with E-state index in [0.717, 1.165) is 17.5 Å². The number of rotatable bonds is 4. The molecule has 2 amide bonds. The van der Waals surface area contributed by atoms with Gasteiger partial charge in [-0.15, -0.1) is 0 Å². The number of nitrogens with one attached hydrogen (secondary N) is 2. The van der Waals surface area contributed by atoms with Gasteiger partial charge in [-0.1, -0.05) is 23.5 Å². The van der Waals surface area contributed by atoms with Crippen molar-refractivity contribution in [2.24, 2.45) is 5.92 Å². The third kappa shape index (κ3) is 4.37. The summed E-state index contributed by atoms with van der Waals surface area (Å²) in [7, 11) is 0. The molecule has 4 heterocycles. The Hall–Kier alpha value is -2.85. The van der Waals surface area contributed by atoms with Crippen LogP contribution in [0.25, 0.3) is 10.9 Å². The van der Waals surface area contributed by atoms with Gasteiger partial charge in [0.15, 0.2) is 5.13 Å². The maximum absolute atomic E-state index is 14.0. The zero-order valence-electron chi connectivity index (χ0n) is 18.1. The summed E-state index contributed by atoms with van der Waals surface area (Å²) < 4.78 is 33.3. The van der Waals surface area contributed by atoms with Crippen LogP contribution in [0.15, 0.2) is 24.3 Å². The third-order valence-electron chi connectivity index (χ3n) is 6.21. The van der Waals surface area contributed by atoms with Crippen LogP contribution in [-0.2, 0) is 28.4 Å². The molecule has 0 saturated carbocycles. The van der Waals surface area contributed by atoms with Gasteiger partial charge >= 0.3 is 0 Å². The maximum Gasteiger partial charge on any atom is 0.271 e. The van der Waals surface area contributed by atoms with Crippen molar-refractivity contribution in [2.75, 3.05) is 25.1 Å². The third-order valence-corrected chi connectivity index (χ3v) is 7.21. The van der Waals surface area contributed by atoms with Crippen molar-refractivity contribution >= 4 is 39.2 Å². The summed E-state index contributed by atoms with van der Waals surface area (Å²) in [4.78, 5) is 35.8. The highest BCUT2D eigenvalue weighted by atomic mass is 32.1. The average molecular weight is 475 g/mol. The minimum atomic E-state index is -3.00. The van der Waals surface area contributed by atoms with Crippen LogP contribution in [-0.4, -0.2) is 46.4 Å². The molecule has 1 saturated heterocycles. The summed E-state index contributed by atoms with van der Waals surface area (Å²) in [6, 6.07) is 6.13. The number of fused-ring (bicyclic) bond motifs is 2. The van der Waals surface area contributed by atoms with E-state index in [1.54, 1.807) is 17.0 Å². The van der Waals surface area contributed by atoms with Crippen molar-refractivity contribution in [2.45, 2.75) is 38.7 Å². The Morgan fingerprint density at radius 2 is 2.09 bits per heavy atom. The molecule has 0 unspecified atom stereocenters. The number of ether oxygens (including phenoxy) is 1. The number of carbonyl (C=O) groups excluding carboxylic acids is 2. The molecule has 2 aromatic heterocycles. The van der Waals surface area contributed by atoms with Gasteiger partial charge in [0.25, 0.3) is 11.8 Å². The fourth-order valence-electron chi connectivity index (χ4n) is 4.41. The second-order valence-corrected chi connectivity index (χ2v) is 9.66. The first-order valence-corrected chi connectivity index (χ1v) is 11.8. The number of carbonyl (C=O) groups is 2. The van der Waals surface area contributed by atoms with Crippen molar-refractivity contribution in [3.8, 4) is 0 Å². The normalized spacial score (nSPS) is 17.2. The number of nitrogens with zero attached hydrogens (tertiary/aromatic N) is 2. The van der Waals surface area contributed by atoms with Gasteiger partial charge in [0.2, 0.25) is 5.91 Å². The molecule has 0 spiro atoms. The lowest BCUT2D eigenvalue weighted by molar-refractivity contribution is -0.122. The van der Waals surface area contributed by atoms with Crippen LogP contribution < -0.4 is 5.32 Å². The summed E-state index contributed by atoms with van der Waals surface area (Å²) in [5, 5.41) is 3.81. The highest BCUT2D eigenvalue weighted by Crippen LogP contribution is 2.34. The van der Waals surface area contributed by atoms with E-state index in [-0.39, 0.29) is 29.0 Å². The van der Waals surface area contributed by atoms with Gasteiger partial charge in [-0.3, -0.25) is 9.59 Å². The first-order valence-electron chi connectivity index (χ1n) is 11.0. The van der Waals surface area contributed by atoms with Crippen molar-refractivity contribution < 1.29 is 23.1 Å². The Labute approximate surface area is 193 Å². The van der Waals surface area contributed by atoms with E-state index >= 15 is 0 Å². The number of benzene rings is 1. The van der Waals surface area contributed by atoms with E-state index in [4.69, 9.17) is 4.74 Å². The smallest absolute Gasteiger partial charge is 0.271 e. The minimum Gasteiger partial charge on any atom is -0.381 e. The SMILES string of the molecule is CC(F)(F)c1cccc2[nH]c(C(=O)N3CCc4nc(NC(=O)C5CCOCC5)sc4C3)cc12. The first-order chi connectivity index (χ1) is 15.8. The number of thiazole rings is 1. The standard InChI is InChI=1S/C23H24F2N4O3S/c1-23(24,25)15-3-2-4-16-14(15)11-18(26-16)21(31)29-8-5-17-19(12-29)33-22(27-17)28-20(30)13-6-9-32-10-7-13/h2-4,11,13,26H,5-10,12H2,1H3,(H,27,28,30). The van der Waals surface area contributed by atoms with Crippen LogP contribution in [0.2, 0.25) is 0 Å². The molecule has 33 heavy (non-hydrogen) atoms. The highest BCUT2D eigenvalue weighted by molar-refractivity contribution is 7.15. The van der Waals surface area contributed by atoms with Gasteiger partial charge < -0.3 is 19.9 Å². The molecule has 0 bridgehead atoms. The van der Waals surface area contributed by atoms with Gasteiger partial charge in [-0.2, -0.15) is 0 Å². The molecule has 1 aromatic carbocycles. The second-order valence-electron chi connectivity index (χ2n) is 8.58. The first kappa shape index (κ1) is 22.0. The molecule has 7 nitrogen and oxygen atoms in total. The van der Waals surface area contributed by atoms with Crippen LogP contribution >= 0.6 is 11.3 Å².